The number of thiophene rings is 1. The SMILES string of the molecule is CCN(Cc1nc2scc(-c3ccccc3C)c2c(=O)[nH]1)C[C@H](O)COc1ccccc1C. The van der Waals surface area contributed by atoms with E-state index in [0.717, 1.165) is 32.8 Å². The molecule has 2 heterocycles. The van der Waals surface area contributed by atoms with Crippen molar-refractivity contribution in [1.82, 2.24) is 14.9 Å². The van der Waals surface area contributed by atoms with Crippen molar-refractivity contribution in [2.75, 3.05) is 19.7 Å². The monoisotopic (exact) mass is 463 g/mol. The first-order valence-corrected chi connectivity index (χ1v) is 12.0. The van der Waals surface area contributed by atoms with E-state index in [0.29, 0.717) is 30.8 Å². The second-order valence-corrected chi connectivity index (χ2v) is 9.07. The minimum absolute atomic E-state index is 0.131. The largest absolute Gasteiger partial charge is 0.491 e. The summed E-state index contributed by atoms with van der Waals surface area (Å²) in [4.78, 5) is 23.4. The molecule has 0 spiro atoms. The van der Waals surface area contributed by atoms with Crippen LogP contribution in [0.5, 0.6) is 5.75 Å². The molecular weight excluding hydrogens is 434 g/mol. The van der Waals surface area contributed by atoms with Gasteiger partial charge in [-0.05, 0) is 43.1 Å². The first kappa shape index (κ1) is 23.2. The van der Waals surface area contributed by atoms with E-state index in [1.54, 1.807) is 0 Å². The summed E-state index contributed by atoms with van der Waals surface area (Å²) in [5, 5.41) is 13.1. The molecule has 4 rings (SSSR count). The van der Waals surface area contributed by atoms with Gasteiger partial charge >= 0.3 is 0 Å². The molecule has 7 heteroatoms. The van der Waals surface area contributed by atoms with Crippen LogP contribution in [0.1, 0.15) is 23.9 Å². The van der Waals surface area contributed by atoms with Crippen LogP contribution in [0.3, 0.4) is 0 Å². The van der Waals surface area contributed by atoms with E-state index in [1.165, 1.54) is 11.3 Å². The van der Waals surface area contributed by atoms with E-state index in [9.17, 15) is 9.90 Å². The molecule has 1 atom stereocenters. The maximum atomic E-state index is 13.0. The Morgan fingerprint density at radius 2 is 1.82 bits per heavy atom. The van der Waals surface area contributed by atoms with Gasteiger partial charge in [-0.2, -0.15) is 0 Å². The van der Waals surface area contributed by atoms with Crippen LogP contribution in [0.2, 0.25) is 0 Å². The third kappa shape index (κ3) is 5.33. The van der Waals surface area contributed by atoms with Crippen molar-refractivity contribution in [1.29, 1.82) is 0 Å². The average molecular weight is 464 g/mol. The molecule has 0 saturated carbocycles. The Morgan fingerprint density at radius 1 is 1.09 bits per heavy atom. The minimum Gasteiger partial charge on any atom is -0.491 e. The second kappa shape index (κ2) is 10.3. The number of aromatic amines is 1. The predicted molar refractivity (Wildman–Crippen MR) is 134 cm³/mol. The van der Waals surface area contributed by atoms with E-state index >= 15 is 0 Å². The van der Waals surface area contributed by atoms with E-state index in [-0.39, 0.29) is 12.2 Å². The molecule has 0 aliphatic heterocycles. The summed E-state index contributed by atoms with van der Waals surface area (Å²) >= 11 is 1.48. The van der Waals surface area contributed by atoms with Crippen molar-refractivity contribution in [2.24, 2.45) is 0 Å². The van der Waals surface area contributed by atoms with Crippen LogP contribution in [0, 0.1) is 13.8 Å². The molecule has 0 bridgehead atoms. The van der Waals surface area contributed by atoms with Crippen LogP contribution in [0.15, 0.2) is 58.7 Å². The van der Waals surface area contributed by atoms with E-state index in [1.807, 2.05) is 79.6 Å². The third-order valence-electron chi connectivity index (χ3n) is 5.74. The number of aromatic nitrogens is 2. The van der Waals surface area contributed by atoms with Gasteiger partial charge in [-0.15, -0.1) is 11.3 Å². The number of ether oxygens (including phenoxy) is 1. The molecule has 172 valence electrons. The normalized spacial score (nSPS) is 12.4. The number of benzene rings is 2. The highest BCUT2D eigenvalue weighted by Crippen LogP contribution is 2.32. The maximum absolute atomic E-state index is 13.0. The van der Waals surface area contributed by atoms with Crippen LogP contribution in [0.25, 0.3) is 21.3 Å². The number of H-pyrrole nitrogens is 1. The average Bonchev–Trinajstić information content (AvgIpc) is 3.22. The van der Waals surface area contributed by atoms with Gasteiger partial charge in [0.1, 0.15) is 29.1 Å². The molecule has 2 N–H and O–H groups in total. The number of hydrogen-bond donors (Lipinski definition) is 2. The Hall–Kier alpha value is -3.00. The number of hydrogen-bond acceptors (Lipinski definition) is 6. The van der Waals surface area contributed by atoms with Crippen molar-refractivity contribution in [3.63, 3.8) is 0 Å². The lowest BCUT2D eigenvalue weighted by Crippen LogP contribution is -2.36. The van der Waals surface area contributed by atoms with Crippen molar-refractivity contribution in [3.05, 3.63) is 81.2 Å². The quantitative estimate of drug-likeness (QED) is 0.381. The number of rotatable bonds is 9. The lowest BCUT2D eigenvalue weighted by Gasteiger charge is -2.23. The summed E-state index contributed by atoms with van der Waals surface area (Å²) in [5.41, 5.74) is 4.00. The third-order valence-corrected chi connectivity index (χ3v) is 6.61. The summed E-state index contributed by atoms with van der Waals surface area (Å²) in [6.07, 6.45) is -0.658. The zero-order chi connectivity index (χ0) is 23.4. The molecule has 0 fully saturated rings. The summed E-state index contributed by atoms with van der Waals surface area (Å²) in [6, 6.07) is 15.8. The van der Waals surface area contributed by atoms with Gasteiger partial charge in [0.25, 0.3) is 5.56 Å². The number of aryl methyl sites for hydroxylation is 2. The maximum Gasteiger partial charge on any atom is 0.260 e. The molecule has 4 aromatic rings. The van der Waals surface area contributed by atoms with Gasteiger partial charge in [-0.25, -0.2) is 4.98 Å². The van der Waals surface area contributed by atoms with E-state index in [4.69, 9.17) is 9.72 Å². The topological polar surface area (TPSA) is 78.5 Å². The van der Waals surface area contributed by atoms with Crippen molar-refractivity contribution in [3.8, 4) is 16.9 Å². The van der Waals surface area contributed by atoms with Gasteiger partial charge in [-0.1, -0.05) is 49.4 Å². The van der Waals surface area contributed by atoms with Gasteiger partial charge < -0.3 is 14.8 Å². The molecule has 2 aromatic heterocycles. The van der Waals surface area contributed by atoms with E-state index in [2.05, 4.69) is 4.98 Å². The molecule has 33 heavy (non-hydrogen) atoms. The number of nitrogens with zero attached hydrogens (tertiary/aromatic N) is 2. The number of para-hydroxylation sites is 1. The number of aliphatic hydroxyl groups excluding tert-OH is 1. The zero-order valence-corrected chi connectivity index (χ0v) is 20.0. The molecular formula is C26H29N3O3S. The Morgan fingerprint density at radius 3 is 2.55 bits per heavy atom. The predicted octanol–water partition coefficient (Wildman–Crippen LogP) is 4.53. The van der Waals surface area contributed by atoms with Crippen LogP contribution in [-0.4, -0.2) is 45.8 Å². The molecule has 2 aromatic carbocycles. The lowest BCUT2D eigenvalue weighted by molar-refractivity contribution is 0.0664. The molecule has 0 amide bonds. The van der Waals surface area contributed by atoms with Gasteiger partial charge in [0, 0.05) is 17.5 Å². The van der Waals surface area contributed by atoms with Crippen molar-refractivity contribution in [2.45, 2.75) is 33.4 Å². The van der Waals surface area contributed by atoms with Crippen LogP contribution in [-0.2, 0) is 6.54 Å². The van der Waals surface area contributed by atoms with Gasteiger partial charge in [-0.3, -0.25) is 9.69 Å². The summed E-state index contributed by atoms with van der Waals surface area (Å²) in [5.74, 6) is 1.37. The van der Waals surface area contributed by atoms with Crippen LogP contribution in [0.4, 0.5) is 0 Å². The minimum atomic E-state index is -0.658. The molecule has 6 nitrogen and oxygen atoms in total. The summed E-state index contributed by atoms with van der Waals surface area (Å²) < 4.78 is 5.78. The highest BCUT2D eigenvalue weighted by atomic mass is 32.1. The number of likely N-dealkylation sites (N-methyl/N-ethyl adjacent to an activating group) is 1. The smallest absolute Gasteiger partial charge is 0.260 e. The molecule has 0 unspecified atom stereocenters. The van der Waals surface area contributed by atoms with Crippen LogP contribution < -0.4 is 10.3 Å². The standard InChI is InChI=1S/C26H29N3O3S/c1-4-29(13-19(30)15-32-22-12-8-6-10-18(22)3)14-23-27-25(31)24-21(16-33-26(24)28-23)20-11-7-5-9-17(20)2/h5-12,16,19,30H,4,13-15H2,1-3H3,(H,27,28,31)/t19-/m0/s1. The van der Waals surface area contributed by atoms with E-state index < -0.39 is 6.10 Å². The number of aliphatic hydroxyl groups is 1. The summed E-state index contributed by atoms with van der Waals surface area (Å²) in [7, 11) is 0. The zero-order valence-electron chi connectivity index (χ0n) is 19.2. The molecule has 0 saturated heterocycles. The highest BCUT2D eigenvalue weighted by molar-refractivity contribution is 7.17. The lowest BCUT2D eigenvalue weighted by atomic mass is 10.0. The Balaban J connectivity index is 1.46. The molecule has 0 aliphatic rings. The fourth-order valence-corrected chi connectivity index (χ4v) is 4.87. The number of nitrogens with one attached hydrogen (secondary N) is 1. The molecule has 0 radical (unpaired) electrons. The second-order valence-electron chi connectivity index (χ2n) is 8.22. The van der Waals surface area contributed by atoms with Gasteiger partial charge in [0.15, 0.2) is 0 Å². The van der Waals surface area contributed by atoms with Gasteiger partial charge in [0.05, 0.1) is 11.9 Å². The summed E-state index contributed by atoms with van der Waals surface area (Å²) in [6.45, 7) is 7.82. The number of fused-ring (bicyclic) bond motifs is 1. The Labute approximate surface area is 197 Å². The highest BCUT2D eigenvalue weighted by Gasteiger charge is 2.17. The Kier molecular flexibility index (Phi) is 7.23. The Bertz CT molecular complexity index is 1300. The van der Waals surface area contributed by atoms with Gasteiger partial charge in [0.2, 0.25) is 0 Å². The van der Waals surface area contributed by atoms with Crippen LogP contribution >= 0.6 is 11.3 Å². The molecule has 0 aliphatic carbocycles. The van der Waals surface area contributed by atoms with Crippen molar-refractivity contribution < 1.29 is 9.84 Å². The first-order chi connectivity index (χ1) is 16.0. The fraction of sp³-hybridized carbons (Fsp3) is 0.308. The fourth-order valence-electron chi connectivity index (χ4n) is 3.91. The van der Waals surface area contributed by atoms with Crippen molar-refractivity contribution >= 4 is 21.6 Å². The first-order valence-electron chi connectivity index (χ1n) is 11.1.